The summed E-state index contributed by atoms with van der Waals surface area (Å²) in [5.41, 5.74) is 10.4. The second kappa shape index (κ2) is 7.42. The summed E-state index contributed by atoms with van der Waals surface area (Å²) in [4.78, 5) is 41.4. The third-order valence-electron chi connectivity index (χ3n) is 4.75. The molecular formula is C22H14N4O3. The van der Waals surface area contributed by atoms with Gasteiger partial charge in [0, 0.05) is 39.3 Å². The van der Waals surface area contributed by atoms with Crippen LogP contribution in [0, 0.1) is 0 Å². The van der Waals surface area contributed by atoms with Gasteiger partial charge < -0.3 is 5.32 Å². The van der Waals surface area contributed by atoms with Crippen LogP contribution in [0.2, 0.25) is 0 Å². The molecule has 7 heteroatoms. The van der Waals surface area contributed by atoms with E-state index < -0.39 is 11.7 Å². The monoisotopic (exact) mass is 382 g/mol. The second-order valence-electron chi connectivity index (χ2n) is 6.45. The summed E-state index contributed by atoms with van der Waals surface area (Å²) in [5, 5.41) is 6.35. The van der Waals surface area contributed by atoms with Crippen LogP contribution in [0.15, 0.2) is 71.8 Å². The van der Waals surface area contributed by atoms with Gasteiger partial charge in [0.25, 0.3) is 5.91 Å². The van der Waals surface area contributed by atoms with Gasteiger partial charge >= 0.3 is 0 Å². The molecule has 0 atom stereocenters. The topological polar surface area (TPSA) is 112 Å². The predicted octanol–water partition coefficient (Wildman–Crippen LogP) is 4.33. The van der Waals surface area contributed by atoms with E-state index in [0.29, 0.717) is 0 Å². The highest BCUT2D eigenvalue weighted by molar-refractivity contribution is 6.30. The van der Waals surface area contributed by atoms with Gasteiger partial charge in [-0.2, -0.15) is 0 Å². The third kappa shape index (κ3) is 3.16. The van der Waals surface area contributed by atoms with Crippen molar-refractivity contribution in [2.75, 3.05) is 0 Å². The number of nitrogens with one attached hydrogen (secondary N) is 1. The van der Waals surface area contributed by atoms with E-state index >= 15 is 0 Å². The van der Waals surface area contributed by atoms with Gasteiger partial charge in [0.2, 0.25) is 0 Å². The smallest absolute Gasteiger partial charge is 0.252 e. The maximum atomic E-state index is 13.0. The van der Waals surface area contributed by atoms with Crippen LogP contribution in [0.4, 0.5) is 5.69 Å². The maximum Gasteiger partial charge on any atom is 0.252 e. The average molecular weight is 382 g/mol. The molecule has 7 nitrogen and oxygen atoms in total. The Morgan fingerprint density at radius 1 is 0.862 bits per heavy atom. The molecule has 0 aromatic heterocycles. The average Bonchev–Trinajstić information content (AvgIpc) is 2.76. The number of hydrogen-bond acceptors (Lipinski definition) is 4. The number of nitrogens with zero attached hydrogens (tertiary/aromatic N) is 3. The molecule has 0 radical (unpaired) electrons. The standard InChI is InChI=1S/C22H14N4O3/c23-26-25-19-17(22(29)24-12-13-6-2-1-3-7-13)11-10-16-18(19)21(28)15-9-5-4-8-14(15)20(16)27/h1-11H,12H2,(H,24,29). The van der Waals surface area contributed by atoms with E-state index in [-0.39, 0.29) is 45.8 Å². The van der Waals surface area contributed by atoms with Crippen molar-refractivity contribution in [3.63, 3.8) is 0 Å². The van der Waals surface area contributed by atoms with Crippen molar-refractivity contribution in [1.82, 2.24) is 5.32 Å². The zero-order valence-corrected chi connectivity index (χ0v) is 15.1. The fraction of sp³-hybridized carbons (Fsp3) is 0.0455. The van der Waals surface area contributed by atoms with Crippen molar-refractivity contribution >= 4 is 23.2 Å². The molecular weight excluding hydrogens is 368 g/mol. The number of ketones is 2. The van der Waals surface area contributed by atoms with Crippen LogP contribution in [0.25, 0.3) is 10.4 Å². The van der Waals surface area contributed by atoms with Crippen LogP contribution in [0.1, 0.15) is 47.8 Å². The summed E-state index contributed by atoms with van der Waals surface area (Å²) < 4.78 is 0. The zero-order valence-electron chi connectivity index (χ0n) is 15.1. The highest BCUT2D eigenvalue weighted by Gasteiger charge is 2.33. The minimum absolute atomic E-state index is 0.0398. The van der Waals surface area contributed by atoms with Gasteiger partial charge in [0.1, 0.15) is 0 Å². The molecule has 1 aliphatic rings. The Morgan fingerprint density at radius 2 is 1.52 bits per heavy atom. The molecule has 0 saturated heterocycles. The number of carbonyl (C=O) groups excluding carboxylic acids is 3. The fourth-order valence-corrected chi connectivity index (χ4v) is 3.37. The Morgan fingerprint density at radius 3 is 2.21 bits per heavy atom. The number of benzene rings is 3. The molecule has 0 heterocycles. The lowest BCUT2D eigenvalue weighted by Gasteiger charge is -2.20. The summed E-state index contributed by atoms with van der Waals surface area (Å²) in [6.45, 7) is 0.266. The lowest BCUT2D eigenvalue weighted by atomic mass is 9.82. The Hall–Kier alpha value is -4.22. The Balaban J connectivity index is 1.77. The van der Waals surface area contributed by atoms with Gasteiger partial charge in [-0.05, 0) is 23.2 Å². The summed E-state index contributed by atoms with van der Waals surface area (Å²) in [7, 11) is 0. The van der Waals surface area contributed by atoms with Gasteiger partial charge in [-0.3, -0.25) is 14.4 Å². The number of fused-ring (bicyclic) bond motifs is 2. The molecule has 4 rings (SSSR count). The highest BCUT2D eigenvalue weighted by Crippen LogP contribution is 2.36. The van der Waals surface area contributed by atoms with E-state index in [1.807, 2.05) is 30.3 Å². The maximum absolute atomic E-state index is 13.0. The van der Waals surface area contributed by atoms with E-state index in [1.54, 1.807) is 24.3 Å². The SMILES string of the molecule is [N-]=[N+]=Nc1c(C(=O)NCc2ccccc2)ccc2c1C(=O)c1ccccc1C2=O. The van der Waals surface area contributed by atoms with Crippen molar-refractivity contribution in [2.45, 2.75) is 6.54 Å². The van der Waals surface area contributed by atoms with Crippen molar-refractivity contribution in [1.29, 1.82) is 0 Å². The minimum Gasteiger partial charge on any atom is -0.348 e. The minimum atomic E-state index is -0.502. The van der Waals surface area contributed by atoms with E-state index in [0.717, 1.165) is 5.56 Å². The molecule has 0 bridgehead atoms. The van der Waals surface area contributed by atoms with Crippen molar-refractivity contribution in [3.8, 4) is 0 Å². The predicted molar refractivity (Wildman–Crippen MR) is 106 cm³/mol. The zero-order chi connectivity index (χ0) is 20.4. The normalized spacial score (nSPS) is 11.9. The van der Waals surface area contributed by atoms with E-state index in [9.17, 15) is 14.4 Å². The molecule has 0 saturated carbocycles. The molecule has 0 unspecified atom stereocenters. The summed E-state index contributed by atoms with van der Waals surface area (Å²) in [5.74, 6) is -1.30. The van der Waals surface area contributed by atoms with Crippen molar-refractivity contribution in [3.05, 3.63) is 111 Å². The molecule has 1 aliphatic carbocycles. The van der Waals surface area contributed by atoms with Crippen LogP contribution in [0.3, 0.4) is 0 Å². The molecule has 29 heavy (non-hydrogen) atoms. The van der Waals surface area contributed by atoms with E-state index in [1.165, 1.54) is 12.1 Å². The number of rotatable bonds is 4. The molecule has 140 valence electrons. The first-order chi connectivity index (χ1) is 14.1. The lowest BCUT2D eigenvalue weighted by Crippen LogP contribution is -2.25. The third-order valence-corrected chi connectivity index (χ3v) is 4.75. The van der Waals surface area contributed by atoms with Gasteiger partial charge in [-0.15, -0.1) is 0 Å². The van der Waals surface area contributed by atoms with E-state index in [2.05, 4.69) is 15.3 Å². The molecule has 1 N–H and O–H groups in total. The highest BCUT2D eigenvalue weighted by atomic mass is 16.2. The molecule has 3 aromatic rings. The van der Waals surface area contributed by atoms with Crippen LogP contribution < -0.4 is 5.32 Å². The van der Waals surface area contributed by atoms with E-state index in [4.69, 9.17) is 5.53 Å². The van der Waals surface area contributed by atoms with Gasteiger partial charge in [0.05, 0.1) is 5.69 Å². The number of amides is 1. The molecule has 0 aliphatic heterocycles. The van der Waals surface area contributed by atoms with Crippen LogP contribution >= 0.6 is 0 Å². The Labute approximate surface area is 165 Å². The van der Waals surface area contributed by atoms with Crippen molar-refractivity contribution < 1.29 is 14.4 Å². The summed E-state index contributed by atoms with van der Waals surface area (Å²) >= 11 is 0. The molecule has 0 spiro atoms. The van der Waals surface area contributed by atoms with Gasteiger partial charge in [-0.25, -0.2) is 0 Å². The number of carbonyl (C=O) groups is 3. The number of azide groups is 1. The quantitative estimate of drug-likeness (QED) is 0.322. The van der Waals surface area contributed by atoms with Gasteiger partial charge in [-0.1, -0.05) is 59.7 Å². The lowest BCUT2D eigenvalue weighted by molar-refractivity contribution is 0.0949. The first kappa shape index (κ1) is 18.2. The number of hydrogen-bond donors (Lipinski definition) is 1. The summed E-state index contributed by atoms with van der Waals surface area (Å²) in [6.07, 6.45) is 0. The second-order valence-corrected chi connectivity index (χ2v) is 6.45. The van der Waals surface area contributed by atoms with Crippen LogP contribution in [-0.4, -0.2) is 17.5 Å². The Bertz CT molecular complexity index is 1210. The largest absolute Gasteiger partial charge is 0.348 e. The molecule has 0 fully saturated rings. The summed E-state index contributed by atoms with van der Waals surface area (Å²) in [6, 6.07) is 18.6. The van der Waals surface area contributed by atoms with Crippen LogP contribution in [0.5, 0.6) is 0 Å². The van der Waals surface area contributed by atoms with Crippen LogP contribution in [-0.2, 0) is 6.54 Å². The molecule has 1 amide bonds. The van der Waals surface area contributed by atoms with Gasteiger partial charge in [0.15, 0.2) is 11.6 Å². The fourth-order valence-electron chi connectivity index (χ4n) is 3.37. The first-order valence-corrected chi connectivity index (χ1v) is 8.84. The molecule has 3 aromatic carbocycles. The Kier molecular flexibility index (Phi) is 4.65. The van der Waals surface area contributed by atoms with Crippen molar-refractivity contribution in [2.24, 2.45) is 5.11 Å². The first-order valence-electron chi connectivity index (χ1n) is 8.84.